The lowest BCUT2D eigenvalue weighted by Crippen LogP contribution is -2.31. The van der Waals surface area contributed by atoms with E-state index >= 15 is 0 Å². The molecule has 0 saturated carbocycles. The number of carboxylic acid groups (broad SMARTS) is 1. The lowest BCUT2D eigenvalue weighted by atomic mass is 10.2. The third-order valence-corrected chi connectivity index (χ3v) is 1.04. The minimum Gasteiger partial charge on any atom is -0.480 e. The highest BCUT2D eigenvalue weighted by Crippen LogP contribution is 2.01. The molecule has 0 fully saturated rings. The van der Waals surface area contributed by atoms with E-state index in [4.69, 9.17) is 10.8 Å². The number of carboxylic acids is 1. The Morgan fingerprint density at radius 1 is 1.67 bits per heavy atom. The second-order valence-corrected chi connectivity index (χ2v) is 2.57. The van der Waals surface area contributed by atoms with Crippen molar-refractivity contribution in [3.8, 4) is 0 Å². The van der Waals surface area contributed by atoms with Gasteiger partial charge in [0.2, 0.25) is 0 Å². The molecule has 3 nitrogen and oxygen atoms in total. The van der Waals surface area contributed by atoms with Gasteiger partial charge in [-0.3, -0.25) is 4.79 Å². The van der Waals surface area contributed by atoms with Crippen LogP contribution in [-0.2, 0) is 4.79 Å². The van der Waals surface area contributed by atoms with E-state index in [0.717, 1.165) is 0 Å². The van der Waals surface area contributed by atoms with Crippen LogP contribution in [0.3, 0.4) is 0 Å². The molecule has 0 rings (SSSR count). The van der Waals surface area contributed by atoms with E-state index < -0.39 is 12.0 Å². The first-order chi connectivity index (χ1) is 4.04. The quantitative estimate of drug-likeness (QED) is 0.548. The molecule has 0 aromatic rings. The van der Waals surface area contributed by atoms with Crippen LogP contribution in [0, 0.1) is 5.92 Å². The molecular formula is C6H13NO2. The number of hydrogen-bond acceptors (Lipinski definition) is 2. The molecule has 0 heterocycles. The predicted molar refractivity (Wildman–Crippen MR) is 35.1 cm³/mol. The first kappa shape index (κ1) is 8.43. The smallest absolute Gasteiger partial charge is 0.320 e. The van der Waals surface area contributed by atoms with Gasteiger partial charge >= 0.3 is 5.97 Å². The Morgan fingerprint density at radius 3 is 2.22 bits per heavy atom. The number of hydrogen-bond donors (Lipinski definition) is 2. The Balaban J connectivity index is 3.50. The summed E-state index contributed by atoms with van der Waals surface area (Å²) in [4.78, 5) is 10.1. The highest BCUT2D eigenvalue weighted by atomic mass is 16.4. The minimum absolute atomic E-state index is 0.357. The van der Waals surface area contributed by atoms with Crippen LogP contribution in [-0.4, -0.2) is 17.1 Å². The molecule has 3 N–H and O–H groups in total. The summed E-state index contributed by atoms with van der Waals surface area (Å²) >= 11 is 0. The van der Waals surface area contributed by atoms with E-state index in [-0.39, 0.29) is 0 Å². The maximum Gasteiger partial charge on any atom is 0.320 e. The number of carbonyl (C=O) groups is 1. The molecule has 0 aromatic carbocycles. The summed E-state index contributed by atoms with van der Waals surface area (Å²) in [6, 6.07) is -0.690. The van der Waals surface area contributed by atoms with Crippen LogP contribution in [0.2, 0.25) is 0 Å². The SMILES string of the molecule is CC(C)C[13CH](N)C(=O)O. The number of rotatable bonds is 3. The lowest BCUT2D eigenvalue weighted by molar-refractivity contribution is -0.138. The molecule has 0 radical (unpaired) electrons. The van der Waals surface area contributed by atoms with Gasteiger partial charge in [0.1, 0.15) is 6.04 Å². The number of aliphatic carboxylic acids is 1. The molecule has 1 atom stereocenters. The van der Waals surface area contributed by atoms with Crippen molar-refractivity contribution >= 4 is 5.97 Å². The molecule has 9 heavy (non-hydrogen) atoms. The van der Waals surface area contributed by atoms with Crippen molar-refractivity contribution < 1.29 is 9.90 Å². The van der Waals surface area contributed by atoms with Gasteiger partial charge in [-0.15, -0.1) is 0 Å². The molecule has 0 aliphatic rings. The van der Waals surface area contributed by atoms with E-state index in [1.54, 1.807) is 0 Å². The Hall–Kier alpha value is -0.570. The lowest BCUT2D eigenvalue weighted by Gasteiger charge is -2.07. The molecule has 0 aromatic heterocycles. The van der Waals surface area contributed by atoms with Gasteiger partial charge in [-0.1, -0.05) is 13.8 Å². The van der Waals surface area contributed by atoms with E-state index in [1.807, 2.05) is 13.8 Å². The molecule has 0 aliphatic heterocycles. The van der Waals surface area contributed by atoms with Crippen LogP contribution in [0.5, 0.6) is 0 Å². The third-order valence-electron chi connectivity index (χ3n) is 1.04. The van der Waals surface area contributed by atoms with Crippen molar-refractivity contribution in [2.24, 2.45) is 11.7 Å². The van der Waals surface area contributed by atoms with Crippen LogP contribution < -0.4 is 5.73 Å². The van der Waals surface area contributed by atoms with Gasteiger partial charge in [0.25, 0.3) is 0 Å². The molecule has 0 saturated heterocycles. The second-order valence-electron chi connectivity index (χ2n) is 2.57. The summed E-state index contributed by atoms with van der Waals surface area (Å²) in [6.07, 6.45) is 0.551. The molecule has 0 aliphatic carbocycles. The largest absolute Gasteiger partial charge is 0.480 e. The highest BCUT2D eigenvalue weighted by Gasteiger charge is 2.11. The monoisotopic (exact) mass is 132 g/mol. The molecule has 1 unspecified atom stereocenters. The van der Waals surface area contributed by atoms with Crippen LogP contribution in [0.15, 0.2) is 0 Å². The fourth-order valence-corrected chi connectivity index (χ4v) is 0.609. The van der Waals surface area contributed by atoms with Gasteiger partial charge < -0.3 is 10.8 Å². The zero-order valence-corrected chi connectivity index (χ0v) is 5.79. The van der Waals surface area contributed by atoms with Crippen molar-refractivity contribution in [1.29, 1.82) is 0 Å². The molecule has 0 bridgehead atoms. The van der Waals surface area contributed by atoms with Gasteiger partial charge in [0, 0.05) is 0 Å². The predicted octanol–water partition coefficient (Wildman–Crippen LogP) is 0.444. The van der Waals surface area contributed by atoms with Gasteiger partial charge in [0.15, 0.2) is 0 Å². The van der Waals surface area contributed by atoms with Crippen LogP contribution >= 0.6 is 0 Å². The summed E-state index contributed by atoms with van der Waals surface area (Å²) in [5, 5.41) is 8.31. The molecule has 54 valence electrons. The maximum atomic E-state index is 10.1. The van der Waals surface area contributed by atoms with Crippen molar-refractivity contribution in [3.63, 3.8) is 0 Å². The summed E-state index contributed by atoms with van der Waals surface area (Å²) in [6.45, 7) is 3.89. The Morgan fingerprint density at radius 2 is 2.11 bits per heavy atom. The summed E-state index contributed by atoms with van der Waals surface area (Å²) < 4.78 is 0. The maximum absolute atomic E-state index is 10.1. The highest BCUT2D eigenvalue weighted by molar-refractivity contribution is 5.72. The summed E-state index contributed by atoms with van der Waals surface area (Å²) in [5.74, 6) is -0.556. The van der Waals surface area contributed by atoms with Crippen molar-refractivity contribution in [1.82, 2.24) is 0 Å². The van der Waals surface area contributed by atoms with Gasteiger partial charge in [0.05, 0.1) is 0 Å². The Kier molecular flexibility index (Phi) is 3.24. The van der Waals surface area contributed by atoms with E-state index in [0.29, 0.717) is 12.3 Å². The van der Waals surface area contributed by atoms with Crippen LogP contribution in [0.1, 0.15) is 20.3 Å². The van der Waals surface area contributed by atoms with E-state index in [1.165, 1.54) is 0 Å². The molecule has 0 amide bonds. The zero-order chi connectivity index (χ0) is 7.44. The van der Waals surface area contributed by atoms with Gasteiger partial charge in [-0.2, -0.15) is 0 Å². The molecule has 0 spiro atoms. The van der Waals surface area contributed by atoms with Gasteiger partial charge in [-0.25, -0.2) is 0 Å². The fourth-order valence-electron chi connectivity index (χ4n) is 0.609. The fraction of sp³-hybridized carbons (Fsp3) is 0.833. The van der Waals surface area contributed by atoms with Crippen LogP contribution in [0.4, 0.5) is 0 Å². The first-order valence-electron chi connectivity index (χ1n) is 3.02. The van der Waals surface area contributed by atoms with E-state index in [9.17, 15) is 4.79 Å². The van der Waals surface area contributed by atoms with Crippen molar-refractivity contribution in [2.75, 3.05) is 0 Å². The molecular weight excluding hydrogens is 119 g/mol. The van der Waals surface area contributed by atoms with Gasteiger partial charge in [-0.05, 0) is 12.3 Å². The second kappa shape index (κ2) is 3.45. The molecule has 3 heteroatoms. The zero-order valence-electron chi connectivity index (χ0n) is 5.79. The number of nitrogens with two attached hydrogens (primary N) is 1. The van der Waals surface area contributed by atoms with Crippen molar-refractivity contribution in [2.45, 2.75) is 26.3 Å². The van der Waals surface area contributed by atoms with E-state index in [2.05, 4.69) is 0 Å². The minimum atomic E-state index is -0.913. The average molecular weight is 132 g/mol. The first-order valence-corrected chi connectivity index (χ1v) is 3.02. The van der Waals surface area contributed by atoms with Crippen LogP contribution in [0.25, 0.3) is 0 Å². The van der Waals surface area contributed by atoms with Crippen molar-refractivity contribution in [3.05, 3.63) is 0 Å². The normalized spacial score (nSPS) is 13.8. The summed E-state index contributed by atoms with van der Waals surface area (Å²) in [7, 11) is 0. The summed E-state index contributed by atoms with van der Waals surface area (Å²) in [5.41, 5.74) is 5.22. The Bertz CT molecular complexity index is 101. The topological polar surface area (TPSA) is 63.3 Å². The average Bonchev–Trinajstić information content (AvgIpc) is 1.63. The Labute approximate surface area is 54.9 Å². The standard InChI is InChI=1S/C6H13NO2/c1-4(2)3-5(7)6(8)9/h4-5H,3,7H2,1-2H3,(H,8,9)/i5+1. The third kappa shape index (κ3) is 3.97.